The lowest BCUT2D eigenvalue weighted by atomic mass is 9.96. The highest BCUT2D eigenvalue weighted by Crippen LogP contribution is 2.35. The van der Waals surface area contributed by atoms with Gasteiger partial charge in [0.1, 0.15) is 0 Å². The minimum Gasteiger partial charge on any atom is -0.271 e. The fourth-order valence-electron chi connectivity index (χ4n) is 1.95. The molecule has 1 aromatic carbocycles. The van der Waals surface area contributed by atoms with Crippen LogP contribution in [0.4, 0.5) is 13.2 Å². The van der Waals surface area contributed by atoms with E-state index in [2.05, 4.69) is 33.0 Å². The molecule has 20 heavy (non-hydrogen) atoms. The molecule has 0 bridgehead atoms. The van der Waals surface area contributed by atoms with Gasteiger partial charge in [0.2, 0.25) is 0 Å². The SMILES string of the molecule is NNC(c1cccc(I)c1)c1cnccc1C(F)(F)F. The van der Waals surface area contributed by atoms with Crippen LogP contribution in [0.5, 0.6) is 0 Å². The third-order valence-corrected chi connectivity index (χ3v) is 3.49. The van der Waals surface area contributed by atoms with Gasteiger partial charge in [0.05, 0.1) is 11.6 Å². The molecular formula is C13H11F3IN3. The zero-order valence-corrected chi connectivity index (χ0v) is 12.3. The number of hydrogen-bond donors (Lipinski definition) is 2. The number of hydrazine groups is 1. The van der Waals surface area contributed by atoms with Gasteiger partial charge in [-0.3, -0.25) is 10.8 Å². The summed E-state index contributed by atoms with van der Waals surface area (Å²) in [6, 6.07) is 7.30. The summed E-state index contributed by atoms with van der Waals surface area (Å²) in [5, 5.41) is 0. The number of hydrogen-bond acceptors (Lipinski definition) is 3. The number of nitrogens with two attached hydrogens (primary N) is 1. The Bertz CT molecular complexity index is 601. The third kappa shape index (κ3) is 3.28. The molecule has 106 valence electrons. The molecule has 1 atom stereocenters. The summed E-state index contributed by atoms with van der Waals surface area (Å²) in [4.78, 5) is 3.78. The number of nitrogens with zero attached hydrogens (tertiary/aromatic N) is 1. The Kier molecular flexibility index (Phi) is 4.61. The van der Waals surface area contributed by atoms with Gasteiger partial charge in [0.25, 0.3) is 0 Å². The summed E-state index contributed by atoms with van der Waals surface area (Å²) in [5.41, 5.74) is 2.34. The second-order valence-electron chi connectivity index (χ2n) is 4.12. The summed E-state index contributed by atoms with van der Waals surface area (Å²) < 4.78 is 40.0. The molecule has 1 aromatic heterocycles. The quantitative estimate of drug-likeness (QED) is 0.478. The molecule has 3 nitrogen and oxygen atoms in total. The van der Waals surface area contributed by atoms with Crippen LogP contribution < -0.4 is 11.3 Å². The Balaban J connectivity index is 2.53. The Morgan fingerprint density at radius 2 is 2.00 bits per heavy atom. The maximum atomic E-state index is 13.0. The van der Waals surface area contributed by atoms with E-state index in [4.69, 9.17) is 5.84 Å². The van der Waals surface area contributed by atoms with E-state index in [0.29, 0.717) is 5.56 Å². The Morgan fingerprint density at radius 3 is 2.60 bits per heavy atom. The summed E-state index contributed by atoms with van der Waals surface area (Å²) in [5.74, 6) is 5.45. The van der Waals surface area contributed by atoms with Crippen LogP contribution in [0.15, 0.2) is 42.7 Å². The van der Waals surface area contributed by atoms with Crippen molar-refractivity contribution in [2.24, 2.45) is 5.84 Å². The maximum Gasteiger partial charge on any atom is 0.416 e. The van der Waals surface area contributed by atoms with Crippen LogP contribution in [-0.2, 0) is 6.18 Å². The van der Waals surface area contributed by atoms with Gasteiger partial charge in [0, 0.05) is 21.5 Å². The zero-order valence-electron chi connectivity index (χ0n) is 10.2. The van der Waals surface area contributed by atoms with Gasteiger partial charge < -0.3 is 0 Å². The van der Waals surface area contributed by atoms with Gasteiger partial charge in [-0.15, -0.1) is 0 Å². The van der Waals surface area contributed by atoms with Crippen LogP contribution in [-0.4, -0.2) is 4.98 Å². The molecule has 0 fully saturated rings. The Labute approximate surface area is 127 Å². The Hall–Kier alpha value is -1.19. The van der Waals surface area contributed by atoms with Crippen molar-refractivity contribution in [2.45, 2.75) is 12.2 Å². The van der Waals surface area contributed by atoms with E-state index >= 15 is 0 Å². The summed E-state index contributed by atoms with van der Waals surface area (Å²) in [6.45, 7) is 0. The lowest BCUT2D eigenvalue weighted by Crippen LogP contribution is -2.30. The maximum absolute atomic E-state index is 13.0. The first kappa shape index (κ1) is 15.2. The molecule has 0 aliphatic heterocycles. The van der Waals surface area contributed by atoms with Crippen molar-refractivity contribution in [1.82, 2.24) is 10.4 Å². The predicted octanol–water partition coefficient (Wildman–Crippen LogP) is 3.26. The minimum atomic E-state index is -4.45. The molecule has 1 heterocycles. The number of rotatable bonds is 3. The second-order valence-corrected chi connectivity index (χ2v) is 5.36. The fourth-order valence-corrected chi connectivity index (χ4v) is 2.51. The van der Waals surface area contributed by atoms with Crippen molar-refractivity contribution < 1.29 is 13.2 Å². The molecule has 0 saturated heterocycles. The van der Waals surface area contributed by atoms with E-state index in [1.807, 2.05) is 6.07 Å². The normalized spacial score (nSPS) is 13.2. The minimum absolute atomic E-state index is 0.00417. The molecule has 0 amide bonds. The van der Waals surface area contributed by atoms with Crippen molar-refractivity contribution in [1.29, 1.82) is 0 Å². The smallest absolute Gasteiger partial charge is 0.271 e. The van der Waals surface area contributed by atoms with Gasteiger partial charge in [-0.2, -0.15) is 13.2 Å². The molecule has 0 radical (unpaired) electrons. The molecular weight excluding hydrogens is 382 g/mol. The van der Waals surface area contributed by atoms with Crippen LogP contribution in [0.25, 0.3) is 0 Å². The largest absolute Gasteiger partial charge is 0.416 e. The van der Waals surface area contributed by atoms with Crippen molar-refractivity contribution >= 4 is 22.6 Å². The van der Waals surface area contributed by atoms with Crippen LogP contribution in [0.2, 0.25) is 0 Å². The topological polar surface area (TPSA) is 50.9 Å². The Morgan fingerprint density at radius 1 is 1.25 bits per heavy atom. The number of benzene rings is 1. The van der Waals surface area contributed by atoms with Gasteiger partial charge in [-0.25, -0.2) is 5.43 Å². The highest BCUT2D eigenvalue weighted by Gasteiger charge is 2.35. The highest BCUT2D eigenvalue weighted by atomic mass is 127. The molecule has 1 unspecified atom stereocenters. The number of pyridine rings is 1. The van der Waals surface area contributed by atoms with Gasteiger partial charge >= 0.3 is 6.18 Å². The first-order valence-electron chi connectivity index (χ1n) is 5.66. The van der Waals surface area contributed by atoms with Crippen LogP contribution in [0, 0.1) is 3.57 Å². The number of nitrogens with one attached hydrogen (secondary N) is 1. The summed E-state index contributed by atoms with van der Waals surface area (Å²) in [6.07, 6.45) is -2.14. The van der Waals surface area contributed by atoms with Gasteiger partial charge in [0.15, 0.2) is 0 Å². The lowest BCUT2D eigenvalue weighted by molar-refractivity contribution is -0.138. The molecule has 2 aromatic rings. The van der Waals surface area contributed by atoms with Gasteiger partial charge in [-0.1, -0.05) is 12.1 Å². The molecule has 3 N–H and O–H groups in total. The fraction of sp³-hybridized carbons (Fsp3) is 0.154. The van der Waals surface area contributed by atoms with E-state index in [-0.39, 0.29) is 5.56 Å². The van der Waals surface area contributed by atoms with Gasteiger partial charge in [-0.05, 0) is 46.4 Å². The zero-order chi connectivity index (χ0) is 14.8. The highest BCUT2D eigenvalue weighted by molar-refractivity contribution is 14.1. The summed E-state index contributed by atoms with van der Waals surface area (Å²) in [7, 11) is 0. The van der Waals surface area contributed by atoms with Crippen molar-refractivity contribution in [3.05, 3.63) is 63.0 Å². The second kappa shape index (κ2) is 6.06. The first-order valence-corrected chi connectivity index (χ1v) is 6.74. The predicted molar refractivity (Wildman–Crippen MR) is 77.6 cm³/mol. The van der Waals surface area contributed by atoms with Crippen LogP contribution >= 0.6 is 22.6 Å². The molecule has 0 spiro atoms. The van der Waals surface area contributed by atoms with E-state index < -0.39 is 17.8 Å². The van der Waals surface area contributed by atoms with Crippen LogP contribution in [0.1, 0.15) is 22.7 Å². The van der Waals surface area contributed by atoms with E-state index in [1.165, 1.54) is 6.20 Å². The van der Waals surface area contributed by atoms with E-state index in [0.717, 1.165) is 15.8 Å². The van der Waals surface area contributed by atoms with Crippen molar-refractivity contribution in [2.75, 3.05) is 0 Å². The van der Waals surface area contributed by atoms with Crippen molar-refractivity contribution in [3.63, 3.8) is 0 Å². The molecule has 7 heteroatoms. The lowest BCUT2D eigenvalue weighted by Gasteiger charge is -2.21. The molecule has 0 saturated carbocycles. The molecule has 0 aliphatic carbocycles. The monoisotopic (exact) mass is 393 g/mol. The van der Waals surface area contributed by atoms with E-state index in [1.54, 1.807) is 18.2 Å². The summed E-state index contributed by atoms with van der Waals surface area (Å²) >= 11 is 2.09. The number of halogens is 4. The number of aromatic nitrogens is 1. The molecule has 2 rings (SSSR count). The average Bonchev–Trinajstić information content (AvgIpc) is 2.39. The van der Waals surface area contributed by atoms with Crippen LogP contribution in [0.3, 0.4) is 0 Å². The molecule has 0 aliphatic rings. The number of alkyl halides is 3. The standard InChI is InChI=1S/C13H11F3IN3/c14-13(15,16)11-4-5-19-7-10(11)12(20-18)8-2-1-3-9(17)6-8/h1-7,12,20H,18H2. The first-order chi connectivity index (χ1) is 9.43. The van der Waals surface area contributed by atoms with Crippen molar-refractivity contribution in [3.8, 4) is 0 Å². The average molecular weight is 393 g/mol. The third-order valence-electron chi connectivity index (χ3n) is 2.82. The van der Waals surface area contributed by atoms with E-state index in [9.17, 15) is 13.2 Å².